The number of pyridine rings is 1. The number of hydrogen-bond acceptors (Lipinski definition) is 10. The van der Waals surface area contributed by atoms with E-state index in [0.717, 1.165) is 25.2 Å². The number of nitrogens with zero attached hydrogens (tertiary/aromatic N) is 7. The normalized spacial score (nSPS) is 14.6. The van der Waals surface area contributed by atoms with E-state index in [2.05, 4.69) is 39.7 Å². The second kappa shape index (κ2) is 12.0. The Morgan fingerprint density at radius 1 is 1.24 bits per heavy atom. The molecule has 0 amide bonds. The summed E-state index contributed by atoms with van der Waals surface area (Å²) >= 11 is 0. The fraction of sp³-hybridized carbons (Fsp3) is 0.417. The van der Waals surface area contributed by atoms with E-state index in [1.54, 1.807) is 25.5 Å². The Kier molecular flexibility index (Phi) is 8.80. The van der Waals surface area contributed by atoms with Gasteiger partial charge in [0.1, 0.15) is 6.61 Å². The van der Waals surface area contributed by atoms with Crippen molar-refractivity contribution in [1.82, 2.24) is 20.0 Å². The Balaban J connectivity index is 1.83. The van der Waals surface area contributed by atoms with Crippen LogP contribution < -0.4 is 26.2 Å². The van der Waals surface area contributed by atoms with Gasteiger partial charge >= 0.3 is 6.01 Å². The first kappa shape index (κ1) is 25.0. The van der Waals surface area contributed by atoms with Gasteiger partial charge in [0.2, 0.25) is 0 Å². The third-order valence-corrected chi connectivity index (χ3v) is 5.63. The molecule has 0 aromatic carbocycles. The topological polar surface area (TPSA) is 122 Å². The maximum atomic E-state index is 6.52. The molecule has 2 aromatic rings. The number of allylic oxidation sites excluding steroid dienone is 1. The molecule has 0 radical (unpaired) electrons. The molecule has 2 aromatic heterocycles. The van der Waals surface area contributed by atoms with Gasteiger partial charge in [0.05, 0.1) is 28.5 Å². The number of likely N-dealkylation sites (N-methyl/N-ethyl adjacent to an activating group) is 1. The van der Waals surface area contributed by atoms with Crippen molar-refractivity contribution in [3.8, 4) is 6.01 Å². The van der Waals surface area contributed by atoms with Crippen LogP contribution in [-0.4, -0.2) is 53.4 Å². The van der Waals surface area contributed by atoms with Crippen molar-refractivity contribution in [3.63, 3.8) is 0 Å². The summed E-state index contributed by atoms with van der Waals surface area (Å²) in [6, 6.07) is 5.94. The molecule has 0 spiro atoms. The van der Waals surface area contributed by atoms with E-state index in [0.29, 0.717) is 22.9 Å². The van der Waals surface area contributed by atoms with E-state index in [1.807, 2.05) is 19.1 Å². The van der Waals surface area contributed by atoms with Crippen molar-refractivity contribution in [2.75, 3.05) is 36.7 Å². The minimum absolute atomic E-state index is 0.0738. The highest BCUT2D eigenvalue weighted by Gasteiger charge is 2.18. The monoisotopic (exact) mass is 465 g/mol. The zero-order chi connectivity index (χ0) is 24.5. The fourth-order valence-electron chi connectivity index (χ4n) is 3.84. The van der Waals surface area contributed by atoms with Crippen molar-refractivity contribution in [1.29, 1.82) is 0 Å². The van der Waals surface area contributed by atoms with Gasteiger partial charge in [0.25, 0.3) is 0 Å². The number of nitrogens with two attached hydrogens (primary N) is 2. The summed E-state index contributed by atoms with van der Waals surface area (Å²) in [5.41, 5.74) is 10.4. The largest absolute Gasteiger partial charge is 0.457 e. The lowest BCUT2D eigenvalue weighted by atomic mass is 10.1. The molecule has 0 saturated carbocycles. The highest BCUT2D eigenvalue weighted by atomic mass is 16.5. The summed E-state index contributed by atoms with van der Waals surface area (Å²) < 4.78 is 5.83. The second-order valence-corrected chi connectivity index (χ2v) is 7.99. The summed E-state index contributed by atoms with van der Waals surface area (Å²) in [5, 5.41) is 6.87. The maximum absolute atomic E-state index is 6.52. The fourth-order valence-corrected chi connectivity index (χ4v) is 3.84. The van der Waals surface area contributed by atoms with E-state index in [9.17, 15) is 0 Å². The van der Waals surface area contributed by atoms with E-state index >= 15 is 0 Å². The van der Waals surface area contributed by atoms with E-state index in [1.165, 1.54) is 35.0 Å². The Hall–Kier alpha value is -3.66. The first-order valence-corrected chi connectivity index (χ1v) is 11.5. The lowest BCUT2D eigenvalue weighted by Crippen LogP contribution is -2.32. The third kappa shape index (κ3) is 6.02. The molecule has 3 heterocycles. The molecule has 1 aliphatic heterocycles. The lowest BCUT2D eigenvalue weighted by molar-refractivity contribution is 0.277. The quantitative estimate of drug-likeness (QED) is 0.310. The van der Waals surface area contributed by atoms with Crippen LogP contribution in [0, 0.1) is 0 Å². The molecule has 3 rings (SSSR count). The van der Waals surface area contributed by atoms with E-state index in [4.69, 9.17) is 21.3 Å². The number of hydrazine groups is 1. The Morgan fingerprint density at radius 2 is 2.00 bits per heavy atom. The van der Waals surface area contributed by atoms with Crippen LogP contribution in [0.15, 0.2) is 47.5 Å². The van der Waals surface area contributed by atoms with Gasteiger partial charge in [-0.2, -0.15) is 10.1 Å². The molecular weight excluding hydrogens is 430 g/mol. The summed E-state index contributed by atoms with van der Waals surface area (Å²) in [5.74, 6) is 6.62. The standard InChI is InChI=1S/C24H35N9O/c1-5-14-33(27-3)22-12-13-28-24(30-22)34-17-21(31(4)26)23(25)19-10-11-20(18(6-2)29-19)32-15-8-7-9-16-32/h5,10-14H,3,6-9,15-17,25-26H2,1-2,4H3/b14-5-,23-21-. The molecule has 10 heteroatoms. The zero-order valence-electron chi connectivity index (χ0n) is 20.3. The van der Waals surface area contributed by atoms with Crippen molar-refractivity contribution < 1.29 is 4.74 Å². The highest BCUT2D eigenvalue weighted by Crippen LogP contribution is 2.26. The number of hydrogen-bond donors (Lipinski definition) is 2. The molecule has 4 N–H and O–H groups in total. The molecule has 182 valence electrons. The predicted molar refractivity (Wildman–Crippen MR) is 137 cm³/mol. The van der Waals surface area contributed by atoms with Crippen LogP contribution >= 0.6 is 0 Å². The van der Waals surface area contributed by atoms with Crippen LogP contribution in [0.25, 0.3) is 5.70 Å². The number of ether oxygens (including phenoxy) is 1. The number of anilines is 2. The van der Waals surface area contributed by atoms with Gasteiger partial charge in [-0.3, -0.25) is 0 Å². The molecule has 1 saturated heterocycles. The van der Waals surface area contributed by atoms with Crippen molar-refractivity contribution >= 4 is 23.9 Å². The van der Waals surface area contributed by atoms with Crippen LogP contribution in [-0.2, 0) is 6.42 Å². The number of piperidine rings is 1. The van der Waals surface area contributed by atoms with Crippen molar-refractivity contribution in [2.45, 2.75) is 39.5 Å². The Bertz CT molecular complexity index is 1030. The van der Waals surface area contributed by atoms with Crippen molar-refractivity contribution in [2.24, 2.45) is 16.7 Å². The Morgan fingerprint density at radius 3 is 2.65 bits per heavy atom. The third-order valence-electron chi connectivity index (χ3n) is 5.63. The van der Waals surface area contributed by atoms with Crippen LogP contribution in [0.5, 0.6) is 6.01 Å². The number of rotatable bonds is 10. The lowest BCUT2D eigenvalue weighted by Gasteiger charge is -2.30. The zero-order valence-corrected chi connectivity index (χ0v) is 20.3. The van der Waals surface area contributed by atoms with Crippen LogP contribution in [0.3, 0.4) is 0 Å². The summed E-state index contributed by atoms with van der Waals surface area (Å²) in [6.07, 6.45) is 9.69. The highest BCUT2D eigenvalue weighted by molar-refractivity contribution is 5.65. The molecular formula is C24H35N9O. The van der Waals surface area contributed by atoms with Crippen LogP contribution in [0.4, 0.5) is 11.5 Å². The first-order chi connectivity index (χ1) is 16.5. The average Bonchev–Trinajstić information content (AvgIpc) is 2.87. The smallest absolute Gasteiger partial charge is 0.318 e. The van der Waals surface area contributed by atoms with Gasteiger partial charge in [0.15, 0.2) is 5.82 Å². The molecule has 10 nitrogen and oxygen atoms in total. The van der Waals surface area contributed by atoms with Gasteiger partial charge in [-0.25, -0.2) is 20.8 Å². The van der Waals surface area contributed by atoms with Gasteiger partial charge in [-0.1, -0.05) is 13.0 Å². The summed E-state index contributed by atoms with van der Waals surface area (Å²) in [4.78, 5) is 15.8. The molecule has 0 bridgehead atoms. The molecule has 0 unspecified atom stereocenters. The Labute approximate surface area is 201 Å². The summed E-state index contributed by atoms with van der Waals surface area (Å²) in [7, 11) is 1.71. The van der Waals surface area contributed by atoms with E-state index in [-0.39, 0.29) is 12.6 Å². The minimum atomic E-state index is 0.0738. The van der Waals surface area contributed by atoms with E-state index < -0.39 is 0 Å². The van der Waals surface area contributed by atoms with Gasteiger partial charge in [0, 0.05) is 45.3 Å². The number of aryl methyl sites for hydroxylation is 1. The average molecular weight is 466 g/mol. The first-order valence-electron chi connectivity index (χ1n) is 11.5. The number of hydrazone groups is 1. The predicted octanol–water partition coefficient (Wildman–Crippen LogP) is 2.89. The molecule has 0 aliphatic carbocycles. The summed E-state index contributed by atoms with van der Waals surface area (Å²) in [6.45, 7) is 9.75. The van der Waals surface area contributed by atoms with Gasteiger partial charge < -0.3 is 20.4 Å². The van der Waals surface area contributed by atoms with Crippen LogP contribution in [0.2, 0.25) is 0 Å². The number of aromatic nitrogens is 3. The van der Waals surface area contributed by atoms with Crippen molar-refractivity contribution in [3.05, 3.63) is 53.8 Å². The molecule has 1 fully saturated rings. The van der Waals surface area contributed by atoms with Gasteiger partial charge in [-0.15, -0.1) is 0 Å². The maximum Gasteiger partial charge on any atom is 0.318 e. The van der Waals surface area contributed by atoms with Crippen LogP contribution in [0.1, 0.15) is 44.5 Å². The molecule has 0 atom stereocenters. The van der Waals surface area contributed by atoms with Gasteiger partial charge in [-0.05, 0) is 44.7 Å². The molecule has 1 aliphatic rings. The SMILES string of the molecule is C=NN(/C=C\C)c1ccnc(OC/C(=C(/N)c2ccc(N3CCCCC3)c(CC)n2)N(C)N)n1. The molecule has 34 heavy (non-hydrogen) atoms. The second-order valence-electron chi connectivity index (χ2n) is 7.99. The minimum Gasteiger partial charge on any atom is -0.457 e.